The predicted molar refractivity (Wildman–Crippen MR) is 126 cm³/mol. The van der Waals surface area contributed by atoms with Gasteiger partial charge in [0.15, 0.2) is 12.4 Å². The van der Waals surface area contributed by atoms with Crippen LogP contribution >= 0.6 is 0 Å². The van der Waals surface area contributed by atoms with E-state index in [4.69, 9.17) is 21.1 Å². The molecule has 0 aliphatic heterocycles. The number of carbonyl (C=O) groups excluding carboxylic acids is 2. The summed E-state index contributed by atoms with van der Waals surface area (Å²) in [6.07, 6.45) is 1.90. The van der Waals surface area contributed by atoms with Crippen molar-refractivity contribution in [3.05, 3.63) is 58.7 Å². The van der Waals surface area contributed by atoms with Crippen LogP contribution in [0, 0.1) is 0 Å². The smallest absolute Gasteiger partial charge is 0.271 e. The Balaban J connectivity index is 1.79. The molecule has 33 heavy (non-hydrogen) atoms. The second-order valence-electron chi connectivity index (χ2n) is 10.5. The molecule has 1 atom stereocenters. The first-order valence-corrected chi connectivity index (χ1v) is 11.3. The van der Waals surface area contributed by atoms with E-state index in [1.165, 1.54) is 22.3 Å². The molecule has 0 bridgehead atoms. The standard InChI is InChI=1S/C26H33N3O4/c1-24(2)14-26(21-9-17(5-7-19(21)24)32-12-16(30)11-27)15-25(3,4)20-8-6-18(10-22(20)26)33-13-23(31)29-28/h5-10H,11-15,27-28H2,1-4H3,(H,29,31). The number of ether oxygens (including phenoxy) is 2. The van der Waals surface area contributed by atoms with Gasteiger partial charge in [0.25, 0.3) is 5.91 Å². The second-order valence-corrected chi connectivity index (χ2v) is 10.5. The molecule has 4 rings (SSSR count). The lowest BCUT2D eigenvalue weighted by atomic mass is 9.72. The van der Waals surface area contributed by atoms with Crippen molar-refractivity contribution < 1.29 is 19.1 Å². The number of hydrazine groups is 1. The molecule has 0 fully saturated rings. The Morgan fingerprint density at radius 3 is 1.79 bits per heavy atom. The van der Waals surface area contributed by atoms with Gasteiger partial charge in [0.2, 0.25) is 0 Å². The van der Waals surface area contributed by atoms with Gasteiger partial charge < -0.3 is 15.2 Å². The van der Waals surface area contributed by atoms with E-state index >= 15 is 0 Å². The van der Waals surface area contributed by atoms with E-state index in [2.05, 4.69) is 57.4 Å². The van der Waals surface area contributed by atoms with E-state index in [-0.39, 0.29) is 47.7 Å². The van der Waals surface area contributed by atoms with Gasteiger partial charge in [-0.1, -0.05) is 39.8 Å². The van der Waals surface area contributed by atoms with E-state index in [0.29, 0.717) is 11.5 Å². The lowest BCUT2D eigenvalue weighted by molar-refractivity contribution is -0.123. The molecule has 2 aliphatic rings. The fourth-order valence-electron chi connectivity index (χ4n) is 5.90. The van der Waals surface area contributed by atoms with Crippen LogP contribution in [0.1, 0.15) is 62.8 Å². The number of benzene rings is 2. The number of hydrogen-bond acceptors (Lipinski definition) is 6. The van der Waals surface area contributed by atoms with Gasteiger partial charge in [0.1, 0.15) is 18.1 Å². The Kier molecular flexibility index (Phi) is 5.75. The summed E-state index contributed by atoms with van der Waals surface area (Å²) in [4.78, 5) is 23.3. The number of nitrogens with one attached hydrogen (secondary N) is 1. The second kappa shape index (κ2) is 8.15. The van der Waals surface area contributed by atoms with E-state index in [1.807, 2.05) is 12.1 Å². The molecule has 7 heteroatoms. The maximum atomic E-state index is 11.7. The van der Waals surface area contributed by atoms with Crippen molar-refractivity contribution >= 4 is 11.7 Å². The largest absolute Gasteiger partial charge is 0.486 e. The average molecular weight is 452 g/mol. The number of hydrogen-bond donors (Lipinski definition) is 3. The van der Waals surface area contributed by atoms with Crippen molar-refractivity contribution in [2.24, 2.45) is 11.6 Å². The van der Waals surface area contributed by atoms with Crippen molar-refractivity contribution in [1.29, 1.82) is 0 Å². The van der Waals surface area contributed by atoms with Gasteiger partial charge in [0, 0.05) is 5.41 Å². The minimum absolute atomic E-state index is 0.0328. The SMILES string of the molecule is CC1(C)CC2(CC(C)(C)c3ccc(OCC(=O)NN)cc32)c2cc(OCC(=O)CN)ccc21. The van der Waals surface area contributed by atoms with Gasteiger partial charge in [0.05, 0.1) is 6.54 Å². The van der Waals surface area contributed by atoms with Gasteiger partial charge >= 0.3 is 0 Å². The highest BCUT2D eigenvalue weighted by atomic mass is 16.5. The molecule has 176 valence electrons. The summed E-state index contributed by atoms with van der Waals surface area (Å²) in [6.45, 7) is 8.89. The van der Waals surface area contributed by atoms with Crippen LogP contribution in [0.4, 0.5) is 0 Å². The normalized spacial score (nSPS) is 21.4. The van der Waals surface area contributed by atoms with Crippen LogP contribution in [-0.2, 0) is 25.8 Å². The fraction of sp³-hybridized carbons (Fsp3) is 0.462. The van der Waals surface area contributed by atoms with E-state index in [0.717, 1.165) is 12.8 Å². The van der Waals surface area contributed by atoms with Crippen LogP contribution in [0.2, 0.25) is 0 Å². The molecule has 1 spiro atoms. The Bertz CT molecular complexity index is 1020. The Hall–Kier alpha value is -2.90. The first-order chi connectivity index (χ1) is 15.5. The third-order valence-corrected chi connectivity index (χ3v) is 7.12. The van der Waals surface area contributed by atoms with Crippen LogP contribution in [-0.4, -0.2) is 31.4 Å². The monoisotopic (exact) mass is 451 g/mol. The first-order valence-electron chi connectivity index (χ1n) is 11.3. The first kappa shape index (κ1) is 23.3. The van der Waals surface area contributed by atoms with Gasteiger partial charge in [-0.3, -0.25) is 15.0 Å². The third kappa shape index (κ3) is 4.00. The zero-order valence-electron chi connectivity index (χ0n) is 19.8. The predicted octanol–water partition coefficient (Wildman–Crippen LogP) is 2.61. The molecule has 0 saturated carbocycles. The topological polar surface area (TPSA) is 117 Å². The summed E-state index contributed by atoms with van der Waals surface area (Å²) in [7, 11) is 0. The maximum Gasteiger partial charge on any atom is 0.271 e. The quantitative estimate of drug-likeness (QED) is 0.338. The zero-order valence-corrected chi connectivity index (χ0v) is 19.8. The summed E-state index contributed by atoms with van der Waals surface area (Å²) in [5.74, 6) is 5.98. The lowest BCUT2D eigenvalue weighted by Crippen LogP contribution is -2.34. The van der Waals surface area contributed by atoms with Crippen molar-refractivity contribution in [2.75, 3.05) is 19.8 Å². The highest BCUT2D eigenvalue weighted by molar-refractivity contribution is 5.81. The number of nitrogens with two attached hydrogens (primary N) is 2. The molecule has 0 radical (unpaired) electrons. The molecule has 0 saturated heterocycles. The molecule has 1 amide bonds. The van der Waals surface area contributed by atoms with Crippen molar-refractivity contribution in [3.63, 3.8) is 0 Å². The van der Waals surface area contributed by atoms with Crippen LogP contribution in [0.5, 0.6) is 11.5 Å². The van der Waals surface area contributed by atoms with Gasteiger partial charge in [-0.2, -0.15) is 0 Å². The molecule has 5 N–H and O–H groups in total. The maximum absolute atomic E-state index is 11.7. The number of fused-ring (bicyclic) bond motifs is 4. The summed E-state index contributed by atoms with van der Waals surface area (Å²) in [5.41, 5.74) is 12.3. The van der Waals surface area contributed by atoms with Gasteiger partial charge in [-0.15, -0.1) is 0 Å². The number of amides is 1. The Labute approximate surface area is 194 Å². The van der Waals surface area contributed by atoms with Crippen molar-refractivity contribution in [1.82, 2.24) is 5.43 Å². The van der Waals surface area contributed by atoms with Crippen LogP contribution in [0.25, 0.3) is 0 Å². The van der Waals surface area contributed by atoms with E-state index in [1.54, 1.807) is 0 Å². The zero-order chi connectivity index (χ0) is 24.0. The molecule has 7 nitrogen and oxygen atoms in total. The lowest BCUT2D eigenvalue weighted by Gasteiger charge is -2.30. The molecule has 2 aliphatic carbocycles. The minimum atomic E-state index is -0.383. The molecule has 2 aromatic carbocycles. The van der Waals surface area contributed by atoms with E-state index in [9.17, 15) is 9.59 Å². The number of rotatable bonds is 7. The van der Waals surface area contributed by atoms with Crippen LogP contribution in [0.15, 0.2) is 36.4 Å². The molecule has 1 unspecified atom stereocenters. The molecular formula is C26H33N3O4. The Morgan fingerprint density at radius 1 is 0.848 bits per heavy atom. The van der Waals surface area contributed by atoms with Crippen molar-refractivity contribution in [2.45, 2.75) is 56.8 Å². The third-order valence-electron chi connectivity index (χ3n) is 7.12. The van der Waals surface area contributed by atoms with Gasteiger partial charge in [-0.25, -0.2) is 5.84 Å². The van der Waals surface area contributed by atoms with Crippen molar-refractivity contribution in [3.8, 4) is 11.5 Å². The molecule has 0 aromatic heterocycles. The molecule has 0 heterocycles. The fourth-order valence-corrected chi connectivity index (χ4v) is 5.90. The van der Waals surface area contributed by atoms with Crippen LogP contribution < -0.4 is 26.5 Å². The summed E-state index contributed by atoms with van der Waals surface area (Å²) in [5, 5.41) is 0. The number of ketones is 1. The average Bonchev–Trinajstić information content (AvgIpc) is 3.15. The van der Waals surface area contributed by atoms with Gasteiger partial charge in [-0.05, 0) is 70.2 Å². The summed E-state index contributed by atoms with van der Waals surface area (Å²) in [6, 6.07) is 12.3. The number of Topliss-reactive ketones (excluding diaryl/α,β-unsaturated/α-hetero) is 1. The Morgan fingerprint density at radius 2 is 1.33 bits per heavy atom. The molecule has 2 aromatic rings. The minimum Gasteiger partial charge on any atom is -0.486 e. The number of carbonyl (C=O) groups is 2. The molecular weight excluding hydrogens is 418 g/mol. The highest BCUT2D eigenvalue weighted by Crippen LogP contribution is 2.63. The highest BCUT2D eigenvalue weighted by Gasteiger charge is 2.56. The summed E-state index contributed by atoms with van der Waals surface area (Å²) >= 11 is 0. The van der Waals surface area contributed by atoms with E-state index < -0.39 is 0 Å². The summed E-state index contributed by atoms with van der Waals surface area (Å²) < 4.78 is 11.5. The van der Waals surface area contributed by atoms with Crippen LogP contribution in [0.3, 0.4) is 0 Å².